The van der Waals surface area contributed by atoms with Crippen LogP contribution in [0.15, 0.2) is 34.8 Å². The molecule has 0 heterocycles. The van der Waals surface area contributed by atoms with Crippen LogP contribution in [0.4, 0.5) is 4.39 Å². The van der Waals surface area contributed by atoms with E-state index >= 15 is 0 Å². The van der Waals surface area contributed by atoms with Crippen LogP contribution in [0.5, 0.6) is 0 Å². The van der Waals surface area contributed by atoms with Gasteiger partial charge in [0.15, 0.2) is 5.78 Å². The highest BCUT2D eigenvalue weighted by Gasteiger charge is 2.17. The lowest BCUT2D eigenvalue weighted by Gasteiger charge is -2.09. The van der Waals surface area contributed by atoms with E-state index in [0.29, 0.717) is 16.7 Å². The zero-order chi connectivity index (χ0) is 14.2. The molecule has 0 aromatic heterocycles. The van der Waals surface area contributed by atoms with Gasteiger partial charge < -0.3 is 0 Å². The van der Waals surface area contributed by atoms with Crippen LogP contribution in [0.1, 0.15) is 27.0 Å². The van der Waals surface area contributed by atoms with Gasteiger partial charge in [-0.1, -0.05) is 39.7 Å². The zero-order valence-corrected chi connectivity index (χ0v) is 12.8. The maximum atomic E-state index is 13.4. The van der Waals surface area contributed by atoms with Crippen molar-refractivity contribution in [3.63, 3.8) is 0 Å². The van der Waals surface area contributed by atoms with Gasteiger partial charge >= 0.3 is 0 Å². The second-order valence-corrected chi connectivity index (χ2v) is 5.58. The Hall–Kier alpha value is -1.19. The lowest BCUT2D eigenvalue weighted by atomic mass is 9.98. The fourth-order valence-corrected chi connectivity index (χ4v) is 2.43. The minimum absolute atomic E-state index is 0.132. The van der Waals surface area contributed by atoms with E-state index < -0.39 is 5.82 Å². The first kappa shape index (κ1) is 14.2. The van der Waals surface area contributed by atoms with Crippen LogP contribution in [0.2, 0.25) is 5.02 Å². The summed E-state index contributed by atoms with van der Waals surface area (Å²) < 4.78 is 14.2. The predicted molar refractivity (Wildman–Crippen MR) is 78.5 cm³/mol. The third kappa shape index (κ3) is 2.72. The number of benzene rings is 2. The molecule has 98 valence electrons. The topological polar surface area (TPSA) is 17.1 Å². The number of hydrogen-bond donors (Lipinski definition) is 0. The maximum Gasteiger partial charge on any atom is 0.194 e. The second-order valence-electron chi connectivity index (χ2n) is 4.32. The second kappa shape index (κ2) is 5.43. The van der Waals surface area contributed by atoms with E-state index in [1.165, 1.54) is 12.1 Å². The van der Waals surface area contributed by atoms with Crippen LogP contribution >= 0.6 is 27.5 Å². The first-order valence-electron chi connectivity index (χ1n) is 5.67. The highest BCUT2D eigenvalue weighted by atomic mass is 79.9. The molecule has 2 rings (SSSR count). The maximum absolute atomic E-state index is 13.4. The van der Waals surface area contributed by atoms with E-state index in [1.54, 1.807) is 19.1 Å². The SMILES string of the molecule is Cc1cc(C(=O)c2cccc(Br)c2C)c(Cl)cc1F. The van der Waals surface area contributed by atoms with E-state index in [9.17, 15) is 9.18 Å². The molecule has 2 aromatic carbocycles. The van der Waals surface area contributed by atoms with Crippen molar-refractivity contribution in [3.8, 4) is 0 Å². The average molecular weight is 342 g/mol. The Labute approximate surface area is 124 Å². The molecule has 0 saturated carbocycles. The quantitative estimate of drug-likeness (QED) is 0.695. The lowest BCUT2D eigenvalue weighted by molar-refractivity contribution is 0.103. The Morgan fingerprint density at radius 1 is 1.21 bits per heavy atom. The van der Waals surface area contributed by atoms with Gasteiger partial charge in [0.1, 0.15) is 5.82 Å². The van der Waals surface area contributed by atoms with Crippen LogP contribution in [-0.2, 0) is 0 Å². The van der Waals surface area contributed by atoms with Gasteiger partial charge in [-0.05, 0) is 43.2 Å². The van der Waals surface area contributed by atoms with Crippen LogP contribution in [-0.4, -0.2) is 5.78 Å². The van der Waals surface area contributed by atoms with E-state index in [0.717, 1.165) is 10.0 Å². The summed E-state index contributed by atoms with van der Waals surface area (Å²) in [7, 11) is 0. The Bertz CT molecular complexity index is 667. The number of carbonyl (C=O) groups is 1. The van der Waals surface area contributed by atoms with Gasteiger partial charge in [-0.3, -0.25) is 4.79 Å². The molecule has 0 saturated heterocycles. The van der Waals surface area contributed by atoms with Crippen molar-refractivity contribution in [3.05, 3.63) is 67.9 Å². The molecule has 0 spiro atoms. The fourth-order valence-electron chi connectivity index (χ4n) is 1.83. The van der Waals surface area contributed by atoms with Gasteiger partial charge in [-0.25, -0.2) is 4.39 Å². The van der Waals surface area contributed by atoms with E-state index in [1.807, 2.05) is 13.0 Å². The van der Waals surface area contributed by atoms with Gasteiger partial charge in [-0.2, -0.15) is 0 Å². The standard InChI is InChI=1S/C15H11BrClFO/c1-8-6-11(13(17)7-14(8)18)15(19)10-4-3-5-12(16)9(10)2/h3-7H,1-2H3. The first-order valence-corrected chi connectivity index (χ1v) is 6.84. The summed E-state index contributed by atoms with van der Waals surface area (Å²) in [5.41, 5.74) is 2.12. The molecule has 0 aliphatic heterocycles. The molecule has 0 aliphatic carbocycles. The van der Waals surface area contributed by atoms with Crippen molar-refractivity contribution in [2.45, 2.75) is 13.8 Å². The number of halogens is 3. The molecule has 0 radical (unpaired) electrons. The molecule has 0 aliphatic rings. The molecule has 2 aromatic rings. The van der Waals surface area contributed by atoms with Crippen LogP contribution in [0.25, 0.3) is 0 Å². The van der Waals surface area contributed by atoms with Crippen LogP contribution in [0, 0.1) is 19.7 Å². The molecule has 0 N–H and O–H groups in total. The summed E-state index contributed by atoms with van der Waals surface area (Å²) in [6.45, 7) is 3.46. The highest BCUT2D eigenvalue weighted by Crippen LogP contribution is 2.26. The Morgan fingerprint density at radius 2 is 1.89 bits per heavy atom. The molecule has 0 amide bonds. The third-order valence-corrected chi connectivity index (χ3v) is 4.18. The summed E-state index contributed by atoms with van der Waals surface area (Å²) in [4.78, 5) is 12.5. The van der Waals surface area contributed by atoms with Crippen molar-refractivity contribution < 1.29 is 9.18 Å². The van der Waals surface area contributed by atoms with E-state index in [-0.39, 0.29) is 10.8 Å². The van der Waals surface area contributed by atoms with Crippen molar-refractivity contribution in [1.82, 2.24) is 0 Å². The summed E-state index contributed by atoms with van der Waals surface area (Å²) in [6.07, 6.45) is 0. The fraction of sp³-hybridized carbons (Fsp3) is 0.133. The zero-order valence-electron chi connectivity index (χ0n) is 10.4. The summed E-state index contributed by atoms with van der Waals surface area (Å²) in [6, 6.07) is 8.05. The third-order valence-electron chi connectivity index (χ3n) is 3.01. The van der Waals surface area contributed by atoms with Gasteiger partial charge in [0, 0.05) is 15.6 Å². The smallest absolute Gasteiger partial charge is 0.194 e. The largest absolute Gasteiger partial charge is 0.289 e. The van der Waals surface area contributed by atoms with Crippen LogP contribution in [0.3, 0.4) is 0 Å². The molecule has 4 heteroatoms. The van der Waals surface area contributed by atoms with Crippen molar-refractivity contribution in [2.75, 3.05) is 0 Å². The number of hydrogen-bond acceptors (Lipinski definition) is 1. The molecular formula is C15H11BrClFO. The van der Waals surface area contributed by atoms with Crippen molar-refractivity contribution in [1.29, 1.82) is 0 Å². The Kier molecular flexibility index (Phi) is 4.07. The molecule has 0 fully saturated rings. The molecule has 0 bridgehead atoms. The predicted octanol–water partition coefficient (Wildman–Crippen LogP) is 5.09. The number of aryl methyl sites for hydroxylation is 1. The van der Waals surface area contributed by atoms with Crippen LogP contribution < -0.4 is 0 Å². The number of ketones is 1. The molecule has 19 heavy (non-hydrogen) atoms. The summed E-state index contributed by atoms with van der Waals surface area (Å²) in [5.74, 6) is -0.612. The van der Waals surface area contributed by atoms with E-state index in [2.05, 4.69) is 15.9 Å². The van der Waals surface area contributed by atoms with Crippen molar-refractivity contribution in [2.24, 2.45) is 0 Å². The molecular weight excluding hydrogens is 331 g/mol. The monoisotopic (exact) mass is 340 g/mol. The molecule has 0 unspecified atom stereocenters. The highest BCUT2D eigenvalue weighted by molar-refractivity contribution is 9.10. The van der Waals surface area contributed by atoms with Gasteiger partial charge in [0.25, 0.3) is 0 Å². The molecule has 0 atom stereocenters. The minimum Gasteiger partial charge on any atom is -0.289 e. The van der Waals surface area contributed by atoms with E-state index in [4.69, 9.17) is 11.6 Å². The van der Waals surface area contributed by atoms with Gasteiger partial charge in [0.2, 0.25) is 0 Å². The average Bonchev–Trinajstić information content (AvgIpc) is 2.36. The number of carbonyl (C=O) groups excluding carboxylic acids is 1. The summed E-state index contributed by atoms with van der Waals surface area (Å²) in [5, 5.41) is 0.132. The summed E-state index contributed by atoms with van der Waals surface area (Å²) >= 11 is 9.35. The van der Waals surface area contributed by atoms with Crippen molar-refractivity contribution >= 4 is 33.3 Å². The van der Waals surface area contributed by atoms with Gasteiger partial charge in [0.05, 0.1) is 5.02 Å². The Morgan fingerprint density at radius 3 is 2.58 bits per heavy atom. The normalized spacial score (nSPS) is 10.6. The van der Waals surface area contributed by atoms with Gasteiger partial charge in [-0.15, -0.1) is 0 Å². The number of rotatable bonds is 2. The first-order chi connectivity index (χ1) is 8.91. The Balaban J connectivity index is 2.56. The molecule has 1 nitrogen and oxygen atoms in total. The minimum atomic E-state index is -0.410. The lowest BCUT2D eigenvalue weighted by Crippen LogP contribution is -2.06.